The number of rotatable bonds is 6. The van der Waals surface area contributed by atoms with E-state index in [1.54, 1.807) is 30.3 Å². The number of aromatic nitrogens is 4. The predicted molar refractivity (Wildman–Crippen MR) is 145 cm³/mol. The number of nitrogen functional groups attached to an aromatic ring is 1. The van der Waals surface area contributed by atoms with Crippen molar-refractivity contribution in [3.05, 3.63) is 65.9 Å². The molecule has 0 radical (unpaired) electrons. The molecule has 11 nitrogen and oxygen atoms in total. The molecule has 2 aliphatic heterocycles. The van der Waals surface area contributed by atoms with Gasteiger partial charge in [-0.1, -0.05) is 0 Å². The minimum Gasteiger partial charge on any atom is -0.493 e. The number of fused-ring (bicyclic) bond motifs is 2. The number of hydrogen-bond donors (Lipinski definition) is 2. The monoisotopic (exact) mass is 581 g/mol. The van der Waals surface area contributed by atoms with Crippen molar-refractivity contribution in [1.29, 1.82) is 0 Å². The number of alkyl halides is 3. The zero-order valence-corrected chi connectivity index (χ0v) is 22.4. The Labute approximate surface area is 237 Å². The molecule has 2 fully saturated rings. The lowest BCUT2D eigenvalue weighted by Crippen LogP contribution is -2.41. The molecule has 0 bridgehead atoms. The topological polar surface area (TPSA) is 137 Å². The largest absolute Gasteiger partial charge is 0.493 e. The van der Waals surface area contributed by atoms with Crippen LogP contribution in [-0.2, 0) is 10.9 Å². The summed E-state index contributed by atoms with van der Waals surface area (Å²) in [6, 6.07) is 6.30. The highest BCUT2D eigenvalue weighted by Gasteiger charge is 2.40. The molecule has 2 saturated heterocycles. The van der Waals surface area contributed by atoms with Crippen LogP contribution in [0.15, 0.2) is 48.9 Å². The summed E-state index contributed by atoms with van der Waals surface area (Å²) in [4.78, 5) is 40.0. The first-order chi connectivity index (χ1) is 20.1. The average Bonchev–Trinajstić information content (AvgIpc) is 3.54. The second kappa shape index (κ2) is 10.5. The zero-order chi connectivity index (χ0) is 29.6. The molecule has 4 aromatic rings. The molecule has 5 heterocycles. The lowest BCUT2D eigenvalue weighted by Gasteiger charge is -2.31. The lowest BCUT2D eigenvalue weighted by atomic mass is 9.93. The summed E-state index contributed by atoms with van der Waals surface area (Å²) in [5, 5.41) is 2.41. The molecular formula is C28H26F3N7O4. The van der Waals surface area contributed by atoms with E-state index >= 15 is 0 Å². The van der Waals surface area contributed by atoms with E-state index in [1.165, 1.54) is 12.1 Å². The van der Waals surface area contributed by atoms with E-state index in [0.29, 0.717) is 41.5 Å². The summed E-state index contributed by atoms with van der Waals surface area (Å²) < 4.78 is 52.3. The van der Waals surface area contributed by atoms with Gasteiger partial charge in [-0.2, -0.15) is 13.2 Å². The Morgan fingerprint density at radius 1 is 1.19 bits per heavy atom. The van der Waals surface area contributed by atoms with Gasteiger partial charge in [0.05, 0.1) is 18.2 Å². The smallest absolute Gasteiger partial charge is 0.416 e. The van der Waals surface area contributed by atoms with Gasteiger partial charge in [-0.25, -0.2) is 19.7 Å². The first-order valence-electron chi connectivity index (χ1n) is 13.3. The number of ether oxygens (including phenoxy) is 2. The fourth-order valence-corrected chi connectivity index (χ4v) is 5.45. The summed E-state index contributed by atoms with van der Waals surface area (Å²) in [6.07, 6.45) is 0.968. The van der Waals surface area contributed by atoms with Gasteiger partial charge in [0, 0.05) is 42.2 Å². The molecule has 14 heteroatoms. The molecule has 1 unspecified atom stereocenters. The van der Waals surface area contributed by atoms with Gasteiger partial charge in [-0.3, -0.25) is 9.20 Å². The maximum Gasteiger partial charge on any atom is 0.416 e. The van der Waals surface area contributed by atoms with Crippen LogP contribution < -0.4 is 15.8 Å². The summed E-state index contributed by atoms with van der Waals surface area (Å²) >= 11 is 0. The van der Waals surface area contributed by atoms with Crippen molar-refractivity contribution in [2.45, 2.75) is 37.9 Å². The van der Waals surface area contributed by atoms with Gasteiger partial charge >= 0.3 is 12.3 Å². The fraction of sp³-hybridized carbons (Fsp3) is 0.321. The third-order valence-corrected chi connectivity index (χ3v) is 7.44. The van der Waals surface area contributed by atoms with Crippen molar-refractivity contribution < 1.29 is 32.2 Å². The minimum atomic E-state index is -4.58. The highest BCUT2D eigenvalue weighted by Crippen LogP contribution is 2.39. The van der Waals surface area contributed by atoms with Crippen molar-refractivity contribution in [3.8, 4) is 17.0 Å². The van der Waals surface area contributed by atoms with Crippen molar-refractivity contribution in [3.63, 3.8) is 0 Å². The SMILES string of the molecule is CCOc1cc(C(=O)Nc2cc(C(F)(F)F)ccn2)ccc1-c1nc(C2CC[C@H]3COC(=O)N3C2)n2ccnc(N)c12. The number of anilines is 2. The summed E-state index contributed by atoms with van der Waals surface area (Å²) in [6.45, 7) is 2.88. The van der Waals surface area contributed by atoms with Crippen LogP contribution in [0.2, 0.25) is 0 Å². The standard InChI is InChI=1S/C28H26F3N7O4/c1-2-41-20-11-15(26(39)35-21-12-17(7-8-33-21)28(29,30)31)4-6-19(20)22-23-24(32)34-9-10-37(23)25(36-22)16-3-5-18-14-42-27(40)38(18)13-16/h4,6-12,16,18H,2-3,5,13-14H2,1H3,(H2,32,34)(H,33,35,39)/t16?,18-/m0/s1. The molecule has 42 heavy (non-hydrogen) atoms. The number of carbonyl (C=O) groups is 2. The van der Waals surface area contributed by atoms with Crippen molar-refractivity contribution in [2.24, 2.45) is 0 Å². The molecule has 0 saturated carbocycles. The van der Waals surface area contributed by atoms with Gasteiger partial charge in [0.2, 0.25) is 0 Å². The first kappa shape index (κ1) is 27.3. The number of pyridine rings is 1. The molecular weight excluding hydrogens is 555 g/mol. The van der Waals surface area contributed by atoms with E-state index in [2.05, 4.69) is 15.3 Å². The molecule has 218 valence electrons. The molecule has 2 amide bonds. The second-order valence-electron chi connectivity index (χ2n) is 10.0. The Kier molecular flexibility index (Phi) is 6.83. The van der Waals surface area contributed by atoms with Crippen LogP contribution in [0.3, 0.4) is 0 Å². The van der Waals surface area contributed by atoms with E-state index in [1.807, 2.05) is 4.40 Å². The summed E-state index contributed by atoms with van der Waals surface area (Å²) in [5.41, 5.74) is 7.11. The number of carbonyl (C=O) groups excluding carboxylic acids is 2. The molecule has 3 aromatic heterocycles. The second-order valence-corrected chi connectivity index (χ2v) is 10.0. The number of piperidine rings is 1. The van der Waals surface area contributed by atoms with Gasteiger partial charge in [0.15, 0.2) is 0 Å². The Bertz CT molecular complexity index is 1690. The number of benzene rings is 1. The molecule has 3 N–H and O–H groups in total. The van der Waals surface area contributed by atoms with Gasteiger partial charge in [0.25, 0.3) is 5.91 Å². The third-order valence-electron chi connectivity index (χ3n) is 7.44. The van der Waals surface area contributed by atoms with E-state index in [4.69, 9.17) is 20.2 Å². The Morgan fingerprint density at radius 3 is 2.81 bits per heavy atom. The van der Waals surface area contributed by atoms with Crippen LogP contribution >= 0.6 is 0 Å². The predicted octanol–water partition coefficient (Wildman–Crippen LogP) is 4.74. The minimum absolute atomic E-state index is 0.0561. The molecule has 2 atom stereocenters. The van der Waals surface area contributed by atoms with Crippen LogP contribution in [0.1, 0.15) is 47.4 Å². The normalized spacial score (nSPS) is 18.6. The van der Waals surface area contributed by atoms with Crippen molar-refractivity contribution in [2.75, 3.05) is 30.8 Å². The van der Waals surface area contributed by atoms with Crippen LogP contribution in [-0.4, -0.2) is 62.1 Å². The van der Waals surface area contributed by atoms with Crippen LogP contribution in [0, 0.1) is 0 Å². The maximum atomic E-state index is 13.1. The van der Waals surface area contributed by atoms with Gasteiger partial charge < -0.3 is 25.4 Å². The van der Waals surface area contributed by atoms with Crippen LogP contribution in [0.5, 0.6) is 5.75 Å². The van der Waals surface area contributed by atoms with Gasteiger partial charge in [-0.15, -0.1) is 0 Å². The molecule has 6 rings (SSSR count). The quantitative estimate of drug-likeness (QED) is 0.333. The third kappa shape index (κ3) is 4.92. The van der Waals surface area contributed by atoms with E-state index in [-0.39, 0.29) is 41.9 Å². The zero-order valence-electron chi connectivity index (χ0n) is 22.4. The number of nitrogens with zero attached hydrogens (tertiary/aromatic N) is 5. The first-order valence-corrected chi connectivity index (χ1v) is 13.3. The van der Waals surface area contributed by atoms with Crippen LogP contribution in [0.4, 0.5) is 29.6 Å². The Hall–Kier alpha value is -4.88. The van der Waals surface area contributed by atoms with Crippen molar-refractivity contribution >= 4 is 29.2 Å². The molecule has 2 aliphatic rings. The molecule has 1 aromatic carbocycles. The highest BCUT2D eigenvalue weighted by atomic mass is 19.4. The summed E-state index contributed by atoms with van der Waals surface area (Å²) in [7, 11) is 0. The molecule has 0 spiro atoms. The number of imidazole rings is 1. The number of cyclic esters (lactones) is 1. The fourth-order valence-electron chi connectivity index (χ4n) is 5.45. The number of halogens is 3. The number of nitrogens with two attached hydrogens (primary N) is 1. The van der Waals surface area contributed by atoms with Crippen LogP contribution in [0.25, 0.3) is 16.8 Å². The summed E-state index contributed by atoms with van der Waals surface area (Å²) in [5.74, 6) is 0.268. The highest BCUT2D eigenvalue weighted by molar-refractivity contribution is 6.04. The lowest BCUT2D eigenvalue weighted by molar-refractivity contribution is -0.137. The van der Waals surface area contributed by atoms with E-state index < -0.39 is 17.6 Å². The Morgan fingerprint density at radius 2 is 2.02 bits per heavy atom. The van der Waals surface area contributed by atoms with E-state index in [9.17, 15) is 22.8 Å². The maximum absolute atomic E-state index is 13.1. The number of nitrogens with one attached hydrogen (secondary N) is 1. The Balaban J connectivity index is 1.36. The van der Waals surface area contributed by atoms with Gasteiger partial charge in [-0.05, 0) is 50.1 Å². The number of amides is 2. The van der Waals surface area contributed by atoms with E-state index in [0.717, 1.165) is 31.2 Å². The van der Waals surface area contributed by atoms with Crippen molar-refractivity contribution in [1.82, 2.24) is 24.3 Å². The molecule has 0 aliphatic carbocycles. The van der Waals surface area contributed by atoms with Gasteiger partial charge in [0.1, 0.15) is 41.0 Å². The average molecular weight is 582 g/mol. The number of hydrogen-bond acceptors (Lipinski definition) is 8.